The van der Waals surface area contributed by atoms with Crippen molar-refractivity contribution < 1.29 is 17.7 Å². The average molecular weight is 331 g/mol. The van der Waals surface area contributed by atoms with Gasteiger partial charge in [0, 0.05) is 31.6 Å². The van der Waals surface area contributed by atoms with E-state index in [2.05, 4.69) is 6.92 Å². The second-order valence-corrected chi connectivity index (χ2v) is 7.35. The summed E-state index contributed by atoms with van der Waals surface area (Å²) in [5.74, 6) is 0. The van der Waals surface area contributed by atoms with Crippen LogP contribution in [-0.2, 0) is 17.7 Å². The lowest BCUT2D eigenvalue weighted by molar-refractivity contribution is 0.0859. The van der Waals surface area contributed by atoms with Gasteiger partial charge in [-0.2, -0.15) is 0 Å². The number of benzene rings is 1. The van der Waals surface area contributed by atoms with Crippen LogP contribution in [0.4, 0.5) is 0 Å². The van der Waals surface area contributed by atoms with E-state index in [9.17, 15) is 0 Å². The molecule has 122 valence electrons. The van der Waals surface area contributed by atoms with E-state index in [0.717, 1.165) is 28.7 Å². The Labute approximate surface area is 133 Å². The zero-order valence-corrected chi connectivity index (χ0v) is 17.1. The van der Waals surface area contributed by atoms with Crippen LogP contribution >= 0.6 is 0 Å². The summed E-state index contributed by atoms with van der Waals surface area (Å²) >= 11 is 0. The molecule has 1 rings (SSSR count). The van der Waals surface area contributed by atoms with E-state index in [1.54, 1.807) is 0 Å². The fourth-order valence-electron chi connectivity index (χ4n) is 1.79. The average Bonchev–Trinajstić information content (AvgIpc) is 2.50. The second-order valence-electron chi connectivity index (χ2n) is 4.21. The third-order valence-electron chi connectivity index (χ3n) is 2.54. The van der Waals surface area contributed by atoms with Gasteiger partial charge in [-0.15, -0.1) is 0 Å². The topological polar surface area (TPSA) is 36.9 Å². The zero-order valence-electron chi connectivity index (χ0n) is 14.1. The molecule has 0 bridgehead atoms. The van der Waals surface area contributed by atoms with Crippen molar-refractivity contribution in [1.82, 2.24) is 0 Å². The van der Waals surface area contributed by atoms with E-state index < -0.39 is 8.80 Å². The molecule has 1 aromatic rings. The van der Waals surface area contributed by atoms with Gasteiger partial charge in [0.15, 0.2) is 0 Å². The Kier molecular flexibility index (Phi) is 12.9. The van der Waals surface area contributed by atoms with Crippen LogP contribution in [0.15, 0.2) is 30.3 Å². The van der Waals surface area contributed by atoms with Gasteiger partial charge < -0.3 is 17.7 Å². The predicted molar refractivity (Wildman–Crippen MR) is 92.9 cm³/mol. The lowest BCUT2D eigenvalue weighted by atomic mass is 10.4. The maximum absolute atomic E-state index is 5.79. The van der Waals surface area contributed by atoms with Crippen LogP contribution in [0.5, 0.6) is 0 Å². The maximum Gasteiger partial charge on any atom is 0.537 e. The monoisotopic (exact) mass is 330 g/mol. The van der Waals surface area contributed by atoms with Crippen LogP contribution in [0.3, 0.4) is 0 Å². The first-order valence-electron chi connectivity index (χ1n) is 7.66. The number of hydrogen-bond donors (Lipinski definition) is 0. The third kappa shape index (κ3) is 7.89. The molecule has 0 aliphatic carbocycles. The van der Waals surface area contributed by atoms with E-state index in [1.165, 1.54) is 0 Å². The largest absolute Gasteiger partial charge is 0.537 e. The van der Waals surface area contributed by atoms with Gasteiger partial charge in [-0.05, 0) is 27.2 Å². The van der Waals surface area contributed by atoms with Gasteiger partial charge in [-0.1, -0.05) is 37.3 Å². The SMILES string of the molecule is CCCO[SiH3].CCO[Si](OCC)(OCC)c1ccccc1. The molecule has 0 heterocycles. The minimum Gasteiger partial charge on any atom is -0.428 e. The summed E-state index contributed by atoms with van der Waals surface area (Å²) in [6.45, 7) is 10.7. The molecule has 0 radical (unpaired) electrons. The Morgan fingerprint density at radius 3 is 1.62 bits per heavy atom. The van der Waals surface area contributed by atoms with Crippen molar-refractivity contribution in [3.05, 3.63) is 30.3 Å². The molecule has 0 aliphatic rings. The van der Waals surface area contributed by atoms with E-state index in [4.69, 9.17) is 17.7 Å². The molecule has 0 spiro atoms. The van der Waals surface area contributed by atoms with Crippen LogP contribution in [0, 0.1) is 0 Å². The summed E-state index contributed by atoms with van der Waals surface area (Å²) in [5, 5.41) is 1.03. The van der Waals surface area contributed by atoms with Crippen molar-refractivity contribution in [2.45, 2.75) is 34.1 Å². The van der Waals surface area contributed by atoms with Crippen LogP contribution in [0.25, 0.3) is 0 Å². The molecule has 0 saturated carbocycles. The normalized spacial score (nSPS) is 11.0. The lowest BCUT2D eigenvalue weighted by Gasteiger charge is -2.28. The maximum atomic E-state index is 5.79. The van der Waals surface area contributed by atoms with Gasteiger partial charge in [0.25, 0.3) is 0 Å². The first-order valence-corrected chi connectivity index (χ1v) is 10.2. The highest BCUT2D eigenvalue weighted by Gasteiger charge is 2.42. The summed E-state index contributed by atoms with van der Waals surface area (Å²) < 4.78 is 22.2. The van der Waals surface area contributed by atoms with Gasteiger partial charge in [0.1, 0.15) is 10.5 Å². The summed E-state index contributed by atoms with van der Waals surface area (Å²) in [6, 6.07) is 9.95. The Hall–Kier alpha value is -0.506. The Morgan fingerprint density at radius 2 is 1.33 bits per heavy atom. The van der Waals surface area contributed by atoms with Crippen LogP contribution in [0.2, 0.25) is 0 Å². The molecule has 0 saturated heterocycles. The molecule has 0 aromatic heterocycles. The fraction of sp³-hybridized carbons (Fsp3) is 0.600. The smallest absolute Gasteiger partial charge is 0.428 e. The highest BCUT2D eigenvalue weighted by atomic mass is 28.4. The Bertz CT molecular complexity index is 317. The molecule has 1 aromatic carbocycles. The van der Waals surface area contributed by atoms with Crippen molar-refractivity contribution >= 4 is 24.5 Å². The standard InChI is InChI=1S/C12H20O3Si.C3H10OSi/c1-4-13-16(14-5-2,15-6-3)12-10-8-7-9-11-12;1-2-3-4-5/h7-11H,4-6H2,1-3H3;2-3H2,1,5H3. The van der Waals surface area contributed by atoms with Gasteiger partial charge in [0.2, 0.25) is 0 Å². The summed E-state index contributed by atoms with van der Waals surface area (Å²) in [5.41, 5.74) is 0. The van der Waals surface area contributed by atoms with Crippen molar-refractivity contribution in [3.63, 3.8) is 0 Å². The van der Waals surface area contributed by atoms with Crippen molar-refractivity contribution in [2.75, 3.05) is 26.4 Å². The molecular formula is C15H30O4Si2. The van der Waals surface area contributed by atoms with Crippen molar-refractivity contribution in [2.24, 2.45) is 0 Å². The van der Waals surface area contributed by atoms with Gasteiger partial charge in [-0.3, -0.25) is 0 Å². The second kappa shape index (κ2) is 13.2. The molecular weight excluding hydrogens is 300 g/mol. The minimum atomic E-state index is -2.67. The molecule has 6 heteroatoms. The molecule has 0 unspecified atom stereocenters. The van der Waals surface area contributed by atoms with Gasteiger partial charge in [-0.25, -0.2) is 0 Å². The quantitative estimate of drug-likeness (QED) is 0.645. The fourth-order valence-corrected chi connectivity index (χ4v) is 4.69. The predicted octanol–water partition coefficient (Wildman–Crippen LogP) is 1.64. The molecule has 0 aliphatic heterocycles. The van der Waals surface area contributed by atoms with Gasteiger partial charge >= 0.3 is 8.80 Å². The van der Waals surface area contributed by atoms with Crippen molar-refractivity contribution in [3.8, 4) is 0 Å². The molecule has 0 fully saturated rings. The molecule has 0 amide bonds. The Morgan fingerprint density at radius 1 is 0.857 bits per heavy atom. The summed E-state index contributed by atoms with van der Waals surface area (Å²) in [6.07, 6.45) is 1.16. The van der Waals surface area contributed by atoms with Crippen LogP contribution in [0.1, 0.15) is 34.1 Å². The number of hydrogen-bond acceptors (Lipinski definition) is 4. The van der Waals surface area contributed by atoms with E-state index in [0.29, 0.717) is 19.8 Å². The minimum absolute atomic E-state index is 0.598. The molecule has 4 nitrogen and oxygen atoms in total. The Balaban J connectivity index is 0.000000690. The lowest BCUT2D eigenvalue weighted by Crippen LogP contribution is -2.56. The van der Waals surface area contributed by atoms with Crippen LogP contribution < -0.4 is 5.19 Å². The molecule has 0 atom stereocenters. The van der Waals surface area contributed by atoms with E-state index in [-0.39, 0.29) is 0 Å². The summed E-state index contributed by atoms with van der Waals surface area (Å²) in [7, 11) is -1.77. The van der Waals surface area contributed by atoms with E-state index >= 15 is 0 Å². The molecule has 0 N–H and O–H groups in total. The summed E-state index contributed by atoms with van der Waals surface area (Å²) in [4.78, 5) is 0. The first-order chi connectivity index (χ1) is 10.2. The zero-order chi connectivity index (χ0) is 16.0. The molecule has 21 heavy (non-hydrogen) atoms. The first kappa shape index (κ1) is 20.5. The van der Waals surface area contributed by atoms with Crippen LogP contribution in [-0.4, -0.2) is 45.7 Å². The highest BCUT2D eigenvalue weighted by molar-refractivity contribution is 6.75. The number of rotatable bonds is 9. The van der Waals surface area contributed by atoms with E-state index in [1.807, 2.05) is 51.1 Å². The highest BCUT2D eigenvalue weighted by Crippen LogP contribution is 2.10. The van der Waals surface area contributed by atoms with Crippen molar-refractivity contribution in [1.29, 1.82) is 0 Å². The van der Waals surface area contributed by atoms with Gasteiger partial charge in [0.05, 0.1) is 0 Å². The third-order valence-corrected chi connectivity index (χ3v) is 5.99.